The van der Waals surface area contributed by atoms with Crippen molar-refractivity contribution in [3.05, 3.63) is 29.8 Å². The van der Waals surface area contributed by atoms with Gasteiger partial charge in [-0.3, -0.25) is 19.3 Å². The van der Waals surface area contributed by atoms with E-state index in [9.17, 15) is 14.4 Å². The number of benzene rings is 1. The fourth-order valence-electron chi connectivity index (χ4n) is 6.11. The monoisotopic (exact) mass is 513 g/mol. The first-order valence-electron chi connectivity index (χ1n) is 13.7. The zero-order chi connectivity index (χ0) is 25.8. The highest BCUT2D eigenvalue weighted by Crippen LogP contribution is 2.27. The second kappa shape index (κ2) is 11.8. The molecule has 0 saturated carbocycles. The number of amides is 3. The number of carbonyl (C=O) groups is 3. The number of rotatable bonds is 2. The topological polar surface area (TPSA) is 112 Å². The molecule has 3 fully saturated rings. The molecule has 0 aromatic heterocycles. The van der Waals surface area contributed by atoms with Crippen molar-refractivity contribution in [1.29, 1.82) is 0 Å². The molecule has 0 unspecified atom stereocenters. The van der Waals surface area contributed by atoms with Crippen LogP contribution in [0.5, 0.6) is 5.75 Å². The van der Waals surface area contributed by atoms with Crippen molar-refractivity contribution in [1.82, 2.24) is 25.8 Å². The quantitative estimate of drug-likeness (QED) is 0.529. The Labute approximate surface area is 218 Å². The van der Waals surface area contributed by atoms with Gasteiger partial charge in [-0.2, -0.15) is 0 Å². The van der Waals surface area contributed by atoms with Crippen LogP contribution in [0.3, 0.4) is 0 Å². The molecule has 10 nitrogen and oxygen atoms in total. The highest BCUT2D eigenvalue weighted by molar-refractivity contribution is 6.00. The van der Waals surface area contributed by atoms with E-state index in [0.29, 0.717) is 43.5 Å². The van der Waals surface area contributed by atoms with Crippen molar-refractivity contribution in [3.63, 3.8) is 0 Å². The van der Waals surface area contributed by atoms with Crippen LogP contribution in [0.1, 0.15) is 49.4 Å². The van der Waals surface area contributed by atoms with Crippen LogP contribution in [-0.4, -0.2) is 104 Å². The Morgan fingerprint density at radius 2 is 1.86 bits per heavy atom. The molecule has 2 bridgehead atoms. The van der Waals surface area contributed by atoms with Crippen molar-refractivity contribution in [2.45, 2.75) is 69.4 Å². The highest BCUT2D eigenvalue weighted by Gasteiger charge is 2.40. The van der Waals surface area contributed by atoms with Gasteiger partial charge in [-0.05, 0) is 50.9 Å². The summed E-state index contributed by atoms with van der Waals surface area (Å²) in [5, 5.41) is 9.47. The van der Waals surface area contributed by atoms with Crippen molar-refractivity contribution < 1.29 is 23.9 Å². The van der Waals surface area contributed by atoms with E-state index in [4.69, 9.17) is 9.47 Å². The summed E-state index contributed by atoms with van der Waals surface area (Å²) in [6.45, 7) is 5.85. The molecule has 4 aliphatic rings. The molecule has 0 radical (unpaired) electrons. The molecule has 4 aliphatic heterocycles. The lowest BCUT2D eigenvalue weighted by Gasteiger charge is -2.45. The number of para-hydroxylation sites is 1. The van der Waals surface area contributed by atoms with Gasteiger partial charge in [0.1, 0.15) is 11.8 Å². The zero-order valence-electron chi connectivity index (χ0n) is 21.6. The van der Waals surface area contributed by atoms with E-state index in [1.54, 1.807) is 11.0 Å². The molecule has 37 heavy (non-hydrogen) atoms. The van der Waals surface area contributed by atoms with E-state index in [1.807, 2.05) is 18.2 Å². The van der Waals surface area contributed by atoms with Gasteiger partial charge in [0.2, 0.25) is 11.8 Å². The number of hydrogen-bond acceptors (Lipinski definition) is 7. The molecule has 1 aromatic rings. The lowest BCUT2D eigenvalue weighted by molar-refractivity contribution is -0.131. The summed E-state index contributed by atoms with van der Waals surface area (Å²) in [6.07, 6.45) is 3.93. The molecule has 3 saturated heterocycles. The van der Waals surface area contributed by atoms with Crippen LogP contribution in [0.4, 0.5) is 0 Å². The van der Waals surface area contributed by atoms with Crippen LogP contribution < -0.4 is 20.7 Å². The molecular formula is C27H39N5O5. The van der Waals surface area contributed by atoms with Crippen molar-refractivity contribution in [2.75, 3.05) is 45.9 Å². The van der Waals surface area contributed by atoms with E-state index in [-0.39, 0.29) is 42.5 Å². The fourth-order valence-corrected chi connectivity index (χ4v) is 6.11. The van der Waals surface area contributed by atoms with Gasteiger partial charge in [0.15, 0.2) is 0 Å². The number of nitrogens with one attached hydrogen (secondary N) is 3. The maximum Gasteiger partial charge on any atom is 0.258 e. The third-order valence-corrected chi connectivity index (χ3v) is 8.10. The molecule has 0 aliphatic carbocycles. The number of nitrogens with zero attached hydrogens (tertiary/aromatic N) is 2. The first-order chi connectivity index (χ1) is 18.0. The highest BCUT2D eigenvalue weighted by atomic mass is 16.5. The molecule has 0 spiro atoms. The second-order valence-electron chi connectivity index (χ2n) is 10.5. The van der Waals surface area contributed by atoms with E-state index in [1.165, 1.54) is 6.92 Å². The van der Waals surface area contributed by atoms with E-state index in [2.05, 4.69) is 20.9 Å². The minimum Gasteiger partial charge on any atom is -0.493 e. The Hall–Kier alpha value is -2.69. The predicted octanol–water partition coefficient (Wildman–Crippen LogP) is 0.516. The van der Waals surface area contributed by atoms with Crippen LogP contribution >= 0.6 is 0 Å². The lowest BCUT2D eigenvalue weighted by atomic mass is 9.96. The molecule has 3 N–H and O–H groups in total. The summed E-state index contributed by atoms with van der Waals surface area (Å²) in [5.74, 6) is 0.0625. The normalized spacial score (nSPS) is 30.2. The number of carbonyl (C=O) groups excluding carboxylic acids is 3. The number of piperidine rings is 1. The van der Waals surface area contributed by atoms with Gasteiger partial charge >= 0.3 is 0 Å². The predicted molar refractivity (Wildman–Crippen MR) is 137 cm³/mol. The standard InChI is InChI=1S/C27H39N5O5/c1-18(33)30-22-7-6-20-10-15-36-24-5-3-2-4-21(24)27(35)32-14-13-31(19-8-11-28-12-9-19)17-23(32)26(34)29-16-25(22)37-20/h2-5,19-20,22-23,25,28H,6-17H2,1H3,(H,29,34)(H,30,33)/t20-,22+,23-,25+/m0/s1. The largest absolute Gasteiger partial charge is 0.493 e. The Morgan fingerprint density at radius 3 is 2.68 bits per heavy atom. The maximum atomic E-state index is 13.8. The van der Waals surface area contributed by atoms with Gasteiger partial charge in [-0.25, -0.2) is 0 Å². The maximum absolute atomic E-state index is 13.8. The second-order valence-corrected chi connectivity index (χ2v) is 10.5. The molecule has 10 heteroatoms. The Morgan fingerprint density at radius 1 is 1.05 bits per heavy atom. The molecule has 4 heterocycles. The van der Waals surface area contributed by atoms with Crippen molar-refractivity contribution in [3.8, 4) is 5.75 Å². The van der Waals surface area contributed by atoms with Gasteiger partial charge in [0, 0.05) is 45.6 Å². The van der Waals surface area contributed by atoms with Crippen molar-refractivity contribution >= 4 is 17.7 Å². The molecule has 5 rings (SSSR count). The van der Waals surface area contributed by atoms with Gasteiger partial charge < -0.3 is 30.3 Å². The number of ether oxygens (including phenoxy) is 2. The minimum absolute atomic E-state index is 0.0423. The van der Waals surface area contributed by atoms with E-state index < -0.39 is 6.04 Å². The van der Waals surface area contributed by atoms with Gasteiger partial charge in [0.25, 0.3) is 5.91 Å². The summed E-state index contributed by atoms with van der Waals surface area (Å²) in [7, 11) is 0. The third kappa shape index (κ3) is 6.08. The molecule has 1 aromatic carbocycles. The number of piperazine rings is 1. The average molecular weight is 514 g/mol. The summed E-state index contributed by atoms with van der Waals surface area (Å²) < 4.78 is 12.4. The first kappa shape index (κ1) is 25.9. The molecular weight excluding hydrogens is 474 g/mol. The lowest BCUT2D eigenvalue weighted by Crippen LogP contribution is -2.63. The molecule has 4 atom stereocenters. The van der Waals surface area contributed by atoms with Crippen LogP contribution in [-0.2, 0) is 14.3 Å². The average Bonchev–Trinajstić information content (AvgIpc) is 2.92. The Balaban J connectivity index is 1.41. The number of hydrogen-bond donors (Lipinski definition) is 3. The van der Waals surface area contributed by atoms with E-state index in [0.717, 1.165) is 45.3 Å². The van der Waals surface area contributed by atoms with Gasteiger partial charge in [-0.1, -0.05) is 12.1 Å². The van der Waals surface area contributed by atoms with Crippen LogP contribution in [0, 0.1) is 0 Å². The number of fused-ring (bicyclic) bond motifs is 4. The molecule has 202 valence electrons. The SMILES string of the molecule is CC(=O)N[C@@H]1CC[C@H]2CCOc3ccccc3C(=O)N3CCN(C4CCNCC4)C[C@H]3C(=O)NC[C@H]1O2. The van der Waals surface area contributed by atoms with Gasteiger partial charge in [0.05, 0.1) is 30.4 Å². The minimum atomic E-state index is -0.620. The van der Waals surface area contributed by atoms with Gasteiger partial charge in [-0.15, -0.1) is 0 Å². The zero-order valence-corrected chi connectivity index (χ0v) is 21.6. The van der Waals surface area contributed by atoms with Crippen LogP contribution in [0.25, 0.3) is 0 Å². The molecule has 3 amide bonds. The summed E-state index contributed by atoms with van der Waals surface area (Å²) in [4.78, 5) is 43.4. The van der Waals surface area contributed by atoms with Crippen LogP contribution in [0.2, 0.25) is 0 Å². The summed E-state index contributed by atoms with van der Waals surface area (Å²) >= 11 is 0. The fraction of sp³-hybridized carbons (Fsp3) is 0.667. The van der Waals surface area contributed by atoms with E-state index >= 15 is 0 Å². The van der Waals surface area contributed by atoms with Crippen LogP contribution in [0.15, 0.2) is 24.3 Å². The first-order valence-corrected chi connectivity index (χ1v) is 13.7. The third-order valence-electron chi connectivity index (χ3n) is 8.10. The Kier molecular flexibility index (Phi) is 8.26. The van der Waals surface area contributed by atoms with Crippen molar-refractivity contribution in [2.24, 2.45) is 0 Å². The Bertz CT molecular complexity index is 984. The summed E-state index contributed by atoms with van der Waals surface area (Å²) in [6, 6.07) is 6.91. The smallest absolute Gasteiger partial charge is 0.258 e. The summed E-state index contributed by atoms with van der Waals surface area (Å²) in [5.41, 5.74) is 0.487.